The molecule has 0 unspecified atom stereocenters. The SMILES string of the molecule is CCn1ccnc1CN1[C@H](C(=O)O)CC[C@H]1c1ccc(OC)cc1. The van der Waals surface area contributed by atoms with Crippen molar-refractivity contribution < 1.29 is 14.6 Å². The minimum atomic E-state index is -0.763. The second-order valence-corrected chi connectivity index (χ2v) is 6.02. The van der Waals surface area contributed by atoms with Gasteiger partial charge in [0.05, 0.1) is 13.7 Å². The van der Waals surface area contributed by atoms with Crippen LogP contribution in [0.5, 0.6) is 5.75 Å². The summed E-state index contributed by atoms with van der Waals surface area (Å²) in [5.41, 5.74) is 1.12. The Labute approximate surface area is 141 Å². The van der Waals surface area contributed by atoms with Gasteiger partial charge in [-0.2, -0.15) is 0 Å². The number of aryl methyl sites for hydroxylation is 1. The first-order chi connectivity index (χ1) is 11.6. The number of aromatic nitrogens is 2. The van der Waals surface area contributed by atoms with Crippen LogP contribution in [0.1, 0.15) is 37.2 Å². The van der Waals surface area contributed by atoms with E-state index in [0.717, 1.165) is 30.1 Å². The van der Waals surface area contributed by atoms with Crippen LogP contribution in [0.15, 0.2) is 36.7 Å². The smallest absolute Gasteiger partial charge is 0.320 e. The fourth-order valence-electron chi connectivity index (χ4n) is 3.48. The van der Waals surface area contributed by atoms with E-state index in [9.17, 15) is 9.90 Å². The van der Waals surface area contributed by atoms with Crippen molar-refractivity contribution in [1.82, 2.24) is 14.5 Å². The topological polar surface area (TPSA) is 67.6 Å². The monoisotopic (exact) mass is 329 g/mol. The summed E-state index contributed by atoms with van der Waals surface area (Å²) in [5, 5.41) is 9.60. The third-order valence-corrected chi connectivity index (χ3v) is 4.77. The van der Waals surface area contributed by atoms with E-state index in [2.05, 4.69) is 21.4 Å². The molecule has 1 saturated heterocycles. The van der Waals surface area contributed by atoms with Gasteiger partial charge in [0.25, 0.3) is 0 Å². The van der Waals surface area contributed by atoms with Crippen LogP contribution in [-0.2, 0) is 17.9 Å². The first-order valence-corrected chi connectivity index (χ1v) is 8.26. The highest BCUT2D eigenvalue weighted by atomic mass is 16.5. The molecule has 0 spiro atoms. The minimum absolute atomic E-state index is 0.0824. The molecule has 2 atom stereocenters. The number of rotatable bonds is 6. The Kier molecular flexibility index (Phi) is 4.85. The average molecular weight is 329 g/mol. The number of benzene rings is 1. The maximum atomic E-state index is 11.7. The van der Waals surface area contributed by atoms with Crippen LogP contribution in [0.3, 0.4) is 0 Å². The van der Waals surface area contributed by atoms with Gasteiger partial charge in [-0.05, 0) is 37.5 Å². The number of ether oxygens (including phenoxy) is 1. The van der Waals surface area contributed by atoms with Crippen LogP contribution < -0.4 is 4.74 Å². The minimum Gasteiger partial charge on any atom is -0.497 e. The van der Waals surface area contributed by atoms with Crippen molar-refractivity contribution in [2.75, 3.05) is 7.11 Å². The lowest BCUT2D eigenvalue weighted by atomic mass is 10.0. The van der Waals surface area contributed by atoms with Crippen molar-refractivity contribution >= 4 is 5.97 Å². The number of nitrogens with zero attached hydrogens (tertiary/aromatic N) is 3. The number of likely N-dealkylation sites (tertiary alicyclic amines) is 1. The summed E-state index contributed by atoms with van der Waals surface area (Å²) >= 11 is 0. The van der Waals surface area contributed by atoms with Gasteiger partial charge in [-0.25, -0.2) is 4.98 Å². The summed E-state index contributed by atoms with van der Waals surface area (Å²) < 4.78 is 7.27. The van der Waals surface area contributed by atoms with Gasteiger partial charge in [0, 0.05) is 25.0 Å². The third kappa shape index (κ3) is 3.14. The van der Waals surface area contributed by atoms with Gasteiger partial charge >= 0.3 is 5.97 Å². The molecule has 1 aliphatic heterocycles. The number of carboxylic acids is 1. The molecule has 0 radical (unpaired) electrons. The Balaban J connectivity index is 1.88. The number of carbonyl (C=O) groups is 1. The number of hydrogen-bond donors (Lipinski definition) is 1. The van der Waals surface area contributed by atoms with E-state index in [1.807, 2.05) is 30.5 Å². The Morgan fingerprint density at radius 3 is 2.71 bits per heavy atom. The first kappa shape index (κ1) is 16.5. The molecule has 24 heavy (non-hydrogen) atoms. The van der Waals surface area contributed by atoms with Crippen molar-refractivity contribution in [1.29, 1.82) is 0 Å². The summed E-state index contributed by atoms with van der Waals surface area (Å²) in [5.74, 6) is 0.949. The summed E-state index contributed by atoms with van der Waals surface area (Å²) in [6.45, 7) is 3.42. The van der Waals surface area contributed by atoms with Gasteiger partial charge in [-0.15, -0.1) is 0 Å². The first-order valence-electron chi connectivity index (χ1n) is 8.26. The normalized spacial score (nSPS) is 21.1. The Bertz CT molecular complexity index is 696. The molecule has 1 N–H and O–H groups in total. The molecule has 6 nitrogen and oxygen atoms in total. The van der Waals surface area contributed by atoms with E-state index in [-0.39, 0.29) is 6.04 Å². The zero-order chi connectivity index (χ0) is 17.1. The molecule has 6 heteroatoms. The molecule has 128 valence electrons. The van der Waals surface area contributed by atoms with Crippen LogP contribution in [0.4, 0.5) is 0 Å². The summed E-state index contributed by atoms with van der Waals surface area (Å²) in [6, 6.07) is 7.50. The third-order valence-electron chi connectivity index (χ3n) is 4.77. The summed E-state index contributed by atoms with van der Waals surface area (Å²) in [4.78, 5) is 18.1. The highest BCUT2D eigenvalue weighted by molar-refractivity contribution is 5.74. The van der Waals surface area contributed by atoms with E-state index in [1.165, 1.54) is 0 Å². The van der Waals surface area contributed by atoms with Crippen molar-refractivity contribution in [3.8, 4) is 5.75 Å². The van der Waals surface area contributed by atoms with Gasteiger partial charge < -0.3 is 14.4 Å². The molecular weight excluding hydrogens is 306 g/mol. The molecule has 0 aliphatic carbocycles. The lowest BCUT2D eigenvalue weighted by Crippen LogP contribution is -2.37. The largest absolute Gasteiger partial charge is 0.497 e. The van der Waals surface area contributed by atoms with E-state index in [4.69, 9.17) is 4.74 Å². The second-order valence-electron chi connectivity index (χ2n) is 6.02. The maximum Gasteiger partial charge on any atom is 0.320 e. The fourth-order valence-corrected chi connectivity index (χ4v) is 3.48. The van der Waals surface area contributed by atoms with Gasteiger partial charge in [-0.3, -0.25) is 9.69 Å². The van der Waals surface area contributed by atoms with Crippen LogP contribution in [-0.4, -0.2) is 38.7 Å². The molecule has 1 aromatic heterocycles. The Hall–Kier alpha value is -2.34. The van der Waals surface area contributed by atoms with E-state index in [1.54, 1.807) is 13.3 Å². The zero-order valence-corrected chi connectivity index (χ0v) is 14.1. The second kappa shape index (κ2) is 7.05. The van der Waals surface area contributed by atoms with Crippen LogP contribution in [0.2, 0.25) is 0 Å². The molecule has 0 saturated carbocycles. The quantitative estimate of drug-likeness (QED) is 0.882. The molecular formula is C18H23N3O3. The van der Waals surface area contributed by atoms with Crippen molar-refractivity contribution in [3.05, 3.63) is 48.0 Å². The lowest BCUT2D eigenvalue weighted by molar-refractivity contribution is -0.143. The molecule has 2 heterocycles. The van der Waals surface area contributed by atoms with E-state index in [0.29, 0.717) is 13.0 Å². The highest BCUT2D eigenvalue weighted by Crippen LogP contribution is 2.37. The van der Waals surface area contributed by atoms with Crippen LogP contribution in [0.25, 0.3) is 0 Å². The van der Waals surface area contributed by atoms with Gasteiger partial charge in [0.15, 0.2) is 0 Å². The van der Waals surface area contributed by atoms with Gasteiger partial charge in [0.2, 0.25) is 0 Å². The molecule has 2 aromatic rings. The lowest BCUT2D eigenvalue weighted by Gasteiger charge is -2.28. The summed E-state index contributed by atoms with van der Waals surface area (Å²) in [7, 11) is 1.64. The van der Waals surface area contributed by atoms with Gasteiger partial charge in [0.1, 0.15) is 17.6 Å². The van der Waals surface area contributed by atoms with Crippen molar-refractivity contribution in [2.24, 2.45) is 0 Å². The van der Waals surface area contributed by atoms with Gasteiger partial charge in [-0.1, -0.05) is 12.1 Å². The number of imidazole rings is 1. The maximum absolute atomic E-state index is 11.7. The molecule has 3 rings (SSSR count). The zero-order valence-electron chi connectivity index (χ0n) is 14.1. The van der Waals surface area contributed by atoms with E-state index >= 15 is 0 Å². The molecule has 1 fully saturated rings. The molecule has 0 bridgehead atoms. The number of aliphatic carboxylic acids is 1. The number of carboxylic acid groups (broad SMARTS) is 1. The predicted octanol–water partition coefficient (Wildman–Crippen LogP) is 2.70. The van der Waals surface area contributed by atoms with Crippen molar-refractivity contribution in [2.45, 2.75) is 44.9 Å². The molecule has 1 aliphatic rings. The molecule has 0 amide bonds. The van der Waals surface area contributed by atoms with Crippen LogP contribution in [0, 0.1) is 0 Å². The number of methoxy groups -OCH3 is 1. The Morgan fingerprint density at radius 1 is 1.33 bits per heavy atom. The van der Waals surface area contributed by atoms with Crippen molar-refractivity contribution in [3.63, 3.8) is 0 Å². The average Bonchev–Trinajstić information content (AvgIpc) is 3.22. The molecule has 1 aromatic carbocycles. The van der Waals surface area contributed by atoms with Crippen LogP contribution >= 0.6 is 0 Å². The van der Waals surface area contributed by atoms with E-state index < -0.39 is 12.0 Å². The summed E-state index contributed by atoms with van der Waals surface area (Å²) in [6.07, 6.45) is 5.19. The Morgan fingerprint density at radius 2 is 2.08 bits per heavy atom. The number of hydrogen-bond acceptors (Lipinski definition) is 4. The highest BCUT2D eigenvalue weighted by Gasteiger charge is 2.39. The standard InChI is InChI=1S/C18H23N3O3/c1-3-20-11-10-19-17(20)12-21-15(8-9-16(21)18(22)23)13-4-6-14(24-2)7-5-13/h4-7,10-11,15-16H,3,8-9,12H2,1-2H3,(H,22,23)/t15-,16-/m0/s1. The fraction of sp³-hybridized carbons (Fsp3) is 0.444. The predicted molar refractivity (Wildman–Crippen MR) is 89.8 cm³/mol.